The Hall–Kier alpha value is -1.37. The van der Waals surface area contributed by atoms with Gasteiger partial charge in [0.05, 0.1) is 17.5 Å². The quantitative estimate of drug-likeness (QED) is 0.881. The molecule has 3 heterocycles. The SMILES string of the molecule is Cc1nc2c(cnn2C(C)C)cc1C(=O)NC1CCNC1.Cl.Cl. The van der Waals surface area contributed by atoms with Gasteiger partial charge in [-0.2, -0.15) is 5.10 Å². The Bertz CT molecular complexity index is 680. The van der Waals surface area contributed by atoms with Crippen molar-refractivity contribution in [2.45, 2.75) is 39.3 Å². The molecule has 1 aliphatic heterocycles. The molecule has 1 atom stereocenters. The lowest BCUT2D eigenvalue weighted by atomic mass is 10.1. The van der Waals surface area contributed by atoms with Gasteiger partial charge in [0.1, 0.15) is 0 Å². The molecule has 1 fully saturated rings. The van der Waals surface area contributed by atoms with Crippen molar-refractivity contribution < 1.29 is 4.79 Å². The Balaban J connectivity index is 0.00000132. The average molecular weight is 360 g/mol. The van der Waals surface area contributed by atoms with E-state index in [0.29, 0.717) is 5.56 Å². The van der Waals surface area contributed by atoms with E-state index >= 15 is 0 Å². The molecule has 1 amide bonds. The van der Waals surface area contributed by atoms with E-state index in [9.17, 15) is 4.79 Å². The van der Waals surface area contributed by atoms with Crippen molar-refractivity contribution in [2.24, 2.45) is 0 Å². The average Bonchev–Trinajstić information content (AvgIpc) is 3.06. The van der Waals surface area contributed by atoms with Crippen LogP contribution in [0.1, 0.15) is 42.4 Å². The minimum absolute atomic E-state index is 0. The molecule has 0 radical (unpaired) electrons. The predicted molar refractivity (Wildman–Crippen MR) is 95.9 cm³/mol. The lowest BCUT2D eigenvalue weighted by molar-refractivity contribution is 0.0939. The number of hydrogen-bond donors (Lipinski definition) is 2. The highest BCUT2D eigenvalue weighted by molar-refractivity contribution is 5.98. The molecule has 0 spiro atoms. The Kier molecular flexibility index (Phi) is 6.80. The number of halogens is 2. The summed E-state index contributed by atoms with van der Waals surface area (Å²) in [6, 6.07) is 2.35. The van der Waals surface area contributed by atoms with Gasteiger partial charge in [0.2, 0.25) is 0 Å². The Morgan fingerprint density at radius 2 is 2.17 bits per heavy atom. The molecule has 0 bridgehead atoms. The molecule has 6 nitrogen and oxygen atoms in total. The zero-order valence-corrected chi connectivity index (χ0v) is 15.1. The van der Waals surface area contributed by atoms with Gasteiger partial charge in [0, 0.05) is 24.0 Å². The minimum atomic E-state index is -0.0482. The van der Waals surface area contributed by atoms with Crippen LogP contribution < -0.4 is 10.6 Å². The topological polar surface area (TPSA) is 71.8 Å². The molecular weight excluding hydrogens is 337 g/mol. The fraction of sp³-hybridized carbons (Fsp3) is 0.533. The van der Waals surface area contributed by atoms with Gasteiger partial charge in [-0.3, -0.25) is 4.79 Å². The van der Waals surface area contributed by atoms with E-state index in [-0.39, 0.29) is 42.8 Å². The van der Waals surface area contributed by atoms with E-state index in [1.54, 1.807) is 6.20 Å². The molecule has 23 heavy (non-hydrogen) atoms. The summed E-state index contributed by atoms with van der Waals surface area (Å²) < 4.78 is 1.88. The van der Waals surface area contributed by atoms with E-state index < -0.39 is 0 Å². The lowest BCUT2D eigenvalue weighted by Crippen LogP contribution is -2.36. The summed E-state index contributed by atoms with van der Waals surface area (Å²) in [6.45, 7) is 7.81. The molecule has 1 saturated heterocycles. The number of fused-ring (bicyclic) bond motifs is 1. The third-order valence-corrected chi connectivity index (χ3v) is 3.89. The minimum Gasteiger partial charge on any atom is -0.348 e. The van der Waals surface area contributed by atoms with Crippen molar-refractivity contribution in [3.63, 3.8) is 0 Å². The van der Waals surface area contributed by atoms with Crippen LogP contribution >= 0.6 is 24.8 Å². The fourth-order valence-corrected chi connectivity index (χ4v) is 2.71. The number of carbonyl (C=O) groups excluding carboxylic acids is 1. The summed E-state index contributed by atoms with van der Waals surface area (Å²) in [5, 5.41) is 11.6. The molecule has 8 heteroatoms. The molecule has 0 aliphatic carbocycles. The van der Waals surface area contributed by atoms with Crippen LogP contribution in [0.15, 0.2) is 12.3 Å². The zero-order valence-electron chi connectivity index (χ0n) is 13.5. The fourth-order valence-electron chi connectivity index (χ4n) is 2.71. The van der Waals surface area contributed by atoms with Gasteiger partial charge in [0.25, 0.3) is 5.91 Å². The highest BCUT2D eigenvalue weighted by Gasteiger charge is 2.20. The third kappa shape index (κ3) is 3.94. The Morgan fingerprint density at radius 3 is 2.78 bits per heavy atom. The first-order valence-corrected chi connectivity index (χ1v) is 7.42. The maximum Gasteiger partial charge on any atom is 0.253 e. The van der Waals surface area contributed by atoms with E-state index in [4.69, 9.17) is 0 Å². The van der Waals surface area contributed by atoms with Crippen molar-refractivity contribution in [1.29, 1.82) is 0 Å². The number of hydrogen-bond acceptors (Lipinski definition) is 4. The van der Waals surface area contributed by atoms with Crippen molar-refractivity contribution in [1.82, 2.24) is 25.4 Å². The second kappa shape index (κ2) is 7.95. The molecule has 2 aromatic heterocycles. The van der Waals surface area contributed by atoms with Crippen LogP contribution in [-0.4, -0.2) is 39.8 Å². The smallest absolute Gasteiger partial charge is 0.253 e. The Labute approximate surface area is 148 Å². The van der Waals surface area contributed by atoms with Gasteiger partial charge in [-0.05, 0) is 39.8 Å². The van der Waals surface area contributed by atoms with Crippen molar-refractivity contribution in [3.8, 4) is 0 Å². The first-order valence-electron chi connectivity index (χ1n) is 7.42. The number of rotatable bonds is 3. The summed E-state index contributed by atoms with van der Waals surface area (Å²) >= 11 is 0. The van der Waals surface area contributed by atoms with Crippen LogP contribution in [0.5, 0.6) is 0 Å². The first-order chi connectivity index (χ1) is 10.1. The summed E-state index contributed by atoms with van der Waals surface area (Å²) in [7, 11) is 0. The highest BCUT2D eigenvalue weighted by atomic mass is 35.5. The van der Waals surface area contributed by atoms with E-state index in [2.05, 4.69) is 34.6 Å². The zero-order chi connectivity index (χ0) is 15.0. The second-order valence-electron chi connectivity index (χ2n) is 5.88. The molecule has 1 unspecified atom stereocenters. The Morgan fingerprint density at radius 1 is 1.43 bits per heavy atom. The van der Waals surface area contributed by atoms with Gasteiger partial charge < -0.3 is 10.6 Å². The lowest BCUT2D eigenvalue weighted by Gasteiger charge is -2.13. The van der Waals surface area contributed by atoms with Crippen molar-refractivity contribution >= 4 is 41.8 Å². The van der Waals surface area contributed by atoms with Gasteiger partial charge in [-0.25, -0.2) is 9.67 Å². The second-order valence-corrected chi connectivity index (χ2v) is 5.88. The van der Waals surface area contributed by atoms with Crippen LogP contribution in [0.25, 0.3) is 11.0 Å². The highest BCUT2D eigenvalue weighted by Crippen LogP contribution is 2.19. The molecule has 2 N–H and O–H groups in total. The predicted octanol–water partition coefficient (Wildman–Crippen LogP) is 2.26. The molecule has 3 rings (SSSR count). The number of nitrogens with zero attached hydrogens (tertiary/aromatic N) is 3. The molecule has 1 aliphatic rings. The number of amides is 1. The van der Waals surface area contributed by atoms with Crippen LogP contribution in [0.2, 0.25) is 0 Å². The number of pyridine rings is 1. The summed E-state index contributed by atoms with van der Waals surface area (Å²) in [5.74, 6) is -0.0482. The maximum absolute atomic E-state index is 12.4. The molecule has 0 saturated carbocycles. The van der Waals surface area contributed by atoms with Crippen LogP contribution in [0.3, 0.4) is 0 Å². The molecule has 2 aromatic rings. The van der Waals surface area contributed by atoms with Crippen molar-refractivity contribution in [3.05, 3.63) is 23.5 Å². The van der Waals surface area contributed by atoms with Gasteiger partial charge in [-0.1, -0.05) is 0 Å². The van der Waals surface area contributed by atoms with Gasteiger partial charge in [0.15, 0.2) is 5.65 Å². The molecule has 128 valence electrons. The number of aryl methyl sites for hydroxylation is 1. The van der Waals surface area contributed by atoms with Gasteiger partial charge in [-0.15, -0.1) is 24.8 Å². The van der Waals surface area contributed by atoms with Crippen LogP contribution in [0, 0.1) is 6.92 Å². The van der Waals surface area contributed by atoms with E-state index in [1.807, 2.05) is 17.7 Å². The number of carbonyl (C=O) groups is 1. The number of aromatic nitrogens is 3. The normalized spacial score (nSPS) is 17.0. The summed E-state index contributed by atoms with van der Waals surface area (Å²) in [5.41, 5.74) is 2.22. The molecular formula is C15H23Cl2N5O. The van der Waals surface area contributed by atoms with E-state index in [1.165, 1.54) is 0 Å². The largest absolute Gasteiger partial charge is 0.348 e. The number of nitrogens with one attached hydrogen (secondary N) is 2. The summed E-state index contributed by atoms with van der Waals surface area (Å²) in [4.78, 5) is 17.0. The monoisotopic (exact) mass is 359 g/mol. The van der Waals surface area contributed by atoms with Crippen LogP contribution in [-0.2, 0) is 0 Å². The van der Waals surface area contributed by atoms with Crippen molar-refractivity contribution in [2.75, 3.05) is 13.1 Å². The van der Waals surface area contributed by atoms with E-state index in [0.717, 1.165) is 36.2 Å². The van der Waals surface area contributed by atoms with Crippen LogP contribution in [0.4, 0.5) is 0 Å². The molecule has 0 aromatic carbocycles. The maximum atomic E-state index is 12.4. The van der Waals surface area contributed by atoms with Gasteiger partial charge >= 0.3 is 0 Å². The summed E-state index contributed by atoms with van der Waals surface area (Å²) in [6.07, 6.45) is 2.75. The first kappa shape index (κ1) is 19.7. The standard InChI is InChI=1S/C15H21N5O.2ClH/c1-9(2)20-14-11(7-17-20)6-13(10(3)18-14)15(21)19-12-4-5-16-8-12;;/h6-7,9,12,16H,4-5,8H2,1-3H3,(H,19,21);2*1H. The third-order valence-electron chi connectivity index (χ3n) is 3.89.